The maximum atomic E-state index is 11.3. The average molecular weight is 341 g/mol. The summed E-state index contributed by atoms with van der Waals surface area (Å²) in [7, 11) is 0. The van der Waals surface area contributed by atoms with Gasteiger partial charge in [0, 0.05) is 30.9 Å². The summed E-state index contributed by atoms with van der Waals surface area (Å²) in [6.07, 6.45) is 1.82. The summed E-state index contributed by atoms with van der Waals surface area (Å²) >= 11 is 0. The summed E-state index contributed by atoms with van der Waals surface area (Å²) < 4.78 is 0. The van der Waals surface area contributed by atoms with Crippen molar-refractivity contribution in [3.05, 3.63) is 63.7 Å². The molecule has 0 atom stereocenters. The standard InChI is InChI=1S/C19H23N3O3/c1-14-3-2-4-17(11-14)20-16-7-9-21(10-8-16)19-12-15(13-23)5-6-18(19)22(24)25/h2-6,11-12,16,20,23H,7-10,13H2,1H3. The van der Waals surface area contributed by atoms with E-state index < -0.39 is 0 Å². The Labute approximate surface area is 147 Å². The van der Waals surface area contributed by atoms with Crippen LogP contribution in [-0.4, -0.2) is 29.2 Å². The second kappa shape index (κ2) is 7.53. The number of hydrogen-bond acceptors (Lipinski definition) is 5. The van der Waals surface area contributed by atoms with E-state index in [2.05, 4.69) is 30.4 Å². The van der Waals surface area contributed by atoms with Gasteiger partial charge in [-0.2, -0.15) is 0 Å². The fraction of sp³-hybridized carbons (Fsp3) is 0.368. The van der Waals surface area contributed by atoms with Crippen LogP contribution in [0.25, 0.3) is 0 Å². The number of hydrogen-bond donors (Lipinski definition) is 2. The van der Waals surface area contributed by atoms with Crippen LogP contribution >= 0.6 is 0 Å². The molecule has 1 aliphatic heterocycles. The van der Waals surface area contributed by atoms with Gasteiger partial charge in [0.1, 0.15) is 5.69 Å². The first-order valence-corrected chi connectivity index (χ1v) is 8.53. The van der Waals surface area contributed by atoms with Gasteiger partial charge in [-0.15, -0.1) is 0 Å². The molecule has 0 unspecified atom stereocenters. The first-order valence-electron chi connectivity index (χ1n) is 8.53. The Morgan fingerprint density at radius 3 is 2.64 bits per heavy atom. The van der Waals surface area contributed by atoms with Crippen molar-refractivity contribution in [2.75, 3.05) is 23.3 Å². The van der Waals surface area contributed by atoms with Crippen LogP contribution in [0.1, 0.15) is 24.0 Å². The van der Waals surface area contributed by atoms with Crippen molar-refractivity contribution in [3.63, 3.8) is 0 Å². The number of benzene rings is 2. The van der Waals surface area contributed by atoms with Crippen molar-refractivity contribution in [2.45, 2.75) is 32.4 Å². The van der Waals surface area contributed by atoms with Crippen LogP contribution in [0.2, 0.25) is 0 Å². The van der Waals surface area contributed by atoms with Crippen molar-refractivity contribution in [2.24, 2.45) is 0 Å². The third-order valence-electron chi connectivity index (χ3n) is 4.64. The highest BCUT2D eigenvalue weighted by Crippen LogP contribution is 2.32. The topological polar surface area (TPSA) is 78.6 Å². The number of rotatable bonds is 5. The van der Waals surface area contributed by atoms with E-state index >= 15 is 0 Å². The van der Waals surface area contributed by atoms with E-state index in [4.69, 9.17) is 0 Å². The molecule has 1 fully saturated rings. The Morgan fingerprint density at radius 2 is 2.00 bits per heavy atom. The number of nitro groups is 1. The predicted molar refractivity (Wildman–Crippen MR) is 99.1 cm³/mol. The molecule has 1 saturated heterocycles. The fourth-order valence-electron chi connectivity index (χ4n) is 3.31. The molecule has 0 spiro atoms. The Bertz CT molecular complexity index is 755. The van der Waals surface area contributed by atoms with E-state index in [9.17, 15) is 15.2 Å². The summed E-state index contributed by atoms with van der Waals surface area (Å²) in [6.45, 7) is 3.45. The zero-order chi connectivity index (χ0) is 17.8. The average Bonchev–Trinajstić information content (AvgIpc) is 2.62. The lowest BCUT2D eigenvalue weighted by Gasteiger charge is -2.34. The summed E-state index contributed by atoms with van der Waals surface area (Å²) in [5.41, 5.74) is 3.74. The van der Waals surface area contributed by atoms with Crippen molar-refractivity contribution in [1.82, 2.24) is 0 Å². The van der Waals surface area contributed by atoms with E-state index in [0.29, 0.717) is 17.3 Å². The van der Waals surface area contributed by atoms with Gasteiger partial charge < -0.3 is 15.3 Å². The molecule has 3 rings (SSSR count). The van der Waals surface area contributed by atoms with Gasteiger partial charge in [0.05, 0.1) is 11.5 Å². The Balaban J connectivity index is 1.69. The minimum Gasteiger partial charge on any atom is -0.392 e. The van der Waals surface area contributed by atoms with Crippen LogP contribution in [0, 0.1) is 17.0 Å². The lowest BCUT2D eigenvalue weighted by atomic mass is 10.0. The Morgan fingerprint density at radius 1 is 1.24 bits per heavy atom. The summed E-state index contributed by atoms with van der Waals surface area (Å²) in [5, 5.41) is 24.2. The molecule has 1 heterocycles. The highest BCUT2D eigenvalue weighted by Gasteiger charge is 2.25. The van der Waals surface area contributed by atoms with Gasteiger partial charge in [0.25, 0.3) is 5.69 Å². The normalized spacial score (nSPS) is 15.2. The molecule has 0 aliphatic carbocycles. The van der Waals surface area contributed by atoms with E-state index in [-0.39, 0.29) is 17.2 Å². The molecule has 0 bridgehead atoms. The largest absolute Gasteiger partial charge is 0.392 e. The van der Waals surface area contributed by atoms with E-state index in [1.165, 1.54) is 11.6 Å². The number of nitro benzene ring substituents is 1. The van der Waals surface area contributed by atoms with Crippen LogP contribution in [0.5, 0.6) is 0 Å². The summed E-state index contributed by atoms with van der Waals surface area (Å²) in [4.78, 5) is 13.0. The van der Waals surface area contributed by atoms with Crippen LogP contribution in [0.15, 0.2) is 42.5 Å². The number of aliphatic hydroxyl groups excluding tert-OH is 1. The van der Waals surface area contributed by atoms with Crippen LogP contribution in [-0.2, 0) is 6.61 Å². The zero-order valence-electron chi connectivity index (χ0n) is 14.3. The van der Waals surface area contributed by atoms with Crippen LogP contribution in [0.3, 0.4) is 0 Å². The van der Waals surface area contributed by atoms with Crippen molar-refractivity contribution in [1.29, 1.82) is 0 Å². The Hall–Kier alpha value is -2.60. The first kappa shape index (κ1) is 17.2. The van der Waals surface area contributed by atoms with Crippen molar-refractivity contribution < 1.29 is 10.0 Å². The maximum absolute atomic E-state index is 11.3. The number of piperidine rings is 1. The Kier molecular flexibility index (Phi) is 5.19. The number of aryl methyl sites for hydroxylation is 1. The molecule has 0 radical (unpaired) electrons. The molecule has 0 amide bonds. The van der Waals surface area contributed by atoms with E-state index in [1.807, 2.05) is 11.0 Å². The molecular formula is C19H23N3O3. The van der Waals surface area contributed by atoms with E-state index in [1.54, 1.807) is 12.1 Å². The smallest absolute Gasteiger partial charge is 0.292 e. The number of anilines is 2. The molecular weight excluding hydrogens is 318 g/mol. The molecule has 2 aromatic rings. The highest BCUT2D eigenvalue weighted by molar-refractivity contribution is 5.65. The highest BCUT2D eigenvalue weighted by atomic mass is 16.6. The predicted octanol–water partition coefficient (Wildman–Crippen LogP) is 3.48. The lowest BCUT2D eigenvalue weighted by Crippen LogP contribution is -2.39. The number of nitrogens with zero attached hydrogens (tertiary/aromatic N) is 2. The molecule has 0 saturated carbocycles. The van der Waals surface area contributed by atoms with Gasteiger partial charge in [-0.3, -0.25) is 10.1 Å². The second-order valence-corrected chi connectivity index (χ2v) is 6.51. The van der Waals surface area contributed by atoms with Crippen LogP contribution in [0.4, 0.5) is 17.1 Å². The second-order valence-electron chi connectivity index (χ2n) is 6.51. The van der Waals surface area contributed by atoms with Gasteiger partial charge in [-0.25, -0.2) is 0 Å². The molecule has 25 heavy (non-hydrogen) atoms. The maximum Gasteiger partial charge on any atom is 0.292 e. The zero-order valence-corrected chi connectivity index (χ0v) is 14.3. The van der Waals surface area contributed by atoms with E-state index in [0.717, 1.165) is 31.6 Å². The fourth-order valence-corrected chi connectivity index (χ4v) is 3.31. The van der Waals surface area contributed by atoms with Crippen LogP contribution < -0.4 is 10.2 Å². The first-order chi connectivity index (χ1) is 12.1. The van der Waals surface area contributed by atoms with Crippen molar-refractivity contribution in [3.8, 4) is 0 Å². The third kappa shape index (κ3) is 4.09. The molecule has 2 aromatic carbocycles. The molecule has 6 nitrogen and oxygen atoms in total. The van der Waals surface area contributed by atoms with Gasteiger partial charge >= 0.3 is 0 Å². The monoisotopic (exact) mass is 341 g/mol. The molecule has 0 aromatic heterocycles. The summed E-state index contributed by atoms with van der Waals surface area (Å²) in [5.74, 6) is 0. The minimum atomic E-state index is -0.354. The SMILES string of the molecule is Cc1cccc(NC2CCN(c3cc(CO)ccc3[N+](=O)[O-])CC2)c1. The summed E-state index contributed by atoms with van der Waals surface area (Å²) in [6, 6.07) is 13.5. The minimum absolute atomic E-state index is 0.0993. The molecule has 1 aliphatic rings. The third-order valence-corrected chi connectivity index (χ3v) is 4.64. The van der Waals surface area contributed by atoms with Gasteiger partial charge in [0.2, 0.25) is 0 Å². The number of nitrogens with one attached hydrogen (secondary N) is 1. The van der Waals surface area contributed by atoms with Gasteiger partial charge in [0.15, 0.2) is 0 Å². The molecule has 6 heteroatoms. The number of aliphatic hydroxyl groups is 1. The molecule has 132 valence electrons. The van der Waals surface area contributed by atoms with Crippen molar-refractivity contribution >= 4 is 17.1 Å². The van der Waals surface area contributed by atoms with Gasteiger partial charge in [-0.05, 0) is 55.2 Å². The lowest BCUT2D eigenvalue weighted by molar-refractivity contribution is -0.384. The van der Waals surface area contributed by atoms with Gasteiger partial charge in [-0.1, -0.05) is 12.1 Å². The molecule has 2 N–H and O–H groups in total. The quantitative estimate of drug-likeness (QED) is 0.643.